The molecule has 1 aromatic carbocycles. The van der Waals surface area contributed by atoms with Crippen molar-refractivity contribution in [1.29, 1.82) is 0 Å². The molecule has 5 heteroatoms. The van der Waals surface area contributed by atoms with Crippen LogP contribution in [0.2, 0.25) is 0 Å². The largest absolute Gasteiger partial charge is 1.00 e. The van der Waals surface area contributed by atoms with Crippen LogP contribution in [0, 0.1) is 0 Å². The van der Waals surface area contributed by atoms with Crippen molar-refractivity contribution in [3.8, 4) is 0 Å². The first-order valence-electron chi connectivity index (χ1n) is 6.36. The molecule has 0 saturated carbocycles. The molecule has 2 rings (SSSR count). The van der Waals surface area contributed by atoms with Crippen molar-refractivity contribution >= 4 is 11.5 Å². The van der Waals surface area contributed by atoms with E-state index >= 15 is 0 Å². The molecule has 0 fully saturated rings. The molecule has 0 aromatic heterocycles. The first kappa shape index (κ1) is 16.9. The van der Waals surface area contributed by atoms with Crippen LogP contribution in [0.3, 0.4) is 0 Å². The minimum absolute atomic E-state index is 0. The summed E-state index contributed by atoms with van der Waals surface area (Å²) in [6.45, 7) is 6.64. The van der Waals surface area contributed by atoms with Gasteiger partial charge in [-0.2, -0.15) is 4.99 Å². The van der Waals surface area contributed by atoms with Crippen molar-refractivity contribution in [2.75, 3.05) is 18.9 Å². The Bertz CT molecular complexity index is 524. The molecule has 0 amide bonds. The lowest BCUT2D eigenvalue weighted by molar-refractivity contribution is -0.891. The lowest BCUT2D eigenvalue weighted by atomic mass is 10.2. The molecule has 1 aliphatic heterocycles. The zero-order chi connectivity index (χ0) is 13.9. The highest BCUT2D eigenvalue weighted by molar-refractivity contribution is 6.04. The third-order valence-electron chi connectivity index (χ3n) is 3.56. The summed E-state index contributed by atoms with van der Waals surface area (Å²) >= 11 is 0. The Labute approximate surface area is 137 Å². The van der Waals surface area contributed by atoms with Gasteiger partial charge in [0.25, 0.3) is 0 Å². The summed E-state index contributed by atoms with van der Waals surface area (Å²) in [6, 6.07) is 9.96. The SMILES string of the molecule is C=CC[N+]1(C)C(C)=CC(Nc2ccccc2)=NC1N.[I-]. The quantitative estimate of drug-likeness (QED) is 0.411. The fourth-order valence-corrected chi connectivity index (χ4v) is 2.12. The first-order valence-corrected chi connectivity index (χ1v) is 6.36. The van der Waals surface area contributed by atoms with Gasteiger partial charge in [-0.3, -0.25) is 10.2 Å². The van der Waals surface area contributed by atoms with Gasteiger partial charge in [-0.25, -0.2) is 0 Å². The summed E-state index contributed by atoms with van der Waals surface area (Å²) in [7, 11) is 2.07. The molecule has 2 unspecified atom stereocenters. The van der Waals surface area contributed by atoms with Crippen molar-refractivity contribution in [3.63, 3.8) is 0 Å². The highest BCUT2D eigenvalue weighted by atomic mass is 127. The number of halogens is 1. The number of anilines is 1. The number of amidine groups is 1. The number of para-hydroxylation sites is 1. The lowest BCUT2D eigenvalue weighted by Gasteiger charge is -2.39. The zero-order valence-corrected chi connectivity index (χ0v) is 14.0. The summed E-state index contributed by atoms with van der Waals surface area (Å²) < 4.78 is 0.573. The van der Waals surface area contributed by atoms with Gasteiger partial charge in [0.05, 0.1) is 7.05 Å². The number of likely N-dealkylation sites (N-methyl/N-ethyl adjacent to an activating group) is 1. The van der Waals surface area contributed by atoms with E-state index in [-0.39, 0.29) is 30.3 Å². The van der Waals surface area contributed by atoms with Crippen LogP contribution in [0.1, 0.15) is 6.92 Å². The van der Waals surface area contributed by atoms with Crippen LogP contribution < -0.4 is 35.0 Å². The third kappa shape index (κ3) is 3.47. The number of rotatable bonds is 3. The van der Waals surface area contributed by atoms with Crippen molar-refractivity contribution in [1.82, 2.24) is 0 Å². The second-order valence-electron chi connectivity index (χ2n) is 4.94. The highest BCUT2D eigenvalue weighted by Gasteiger charge is 2.34. The van der Waals surface area contributed by atoms with E-state index < -0.39 is 0 Å². The molecular weight excluding hydrogens is 363 g/mol. The minimum Gasteiger partial charge on any atom is -1.00 e. The predicted octanol–water partition coefficient (Wildman–Crippen LogP) is -0.707. The van der Waals surface area contributed by atoms with E-state index in [2.05, 4.69) is 30.9 Å². The monoisotopic (exact) mass is 384 g/mol. The number of allylic oxidation sites excluding steroid dienone is 1. The summed E-state index contributed by atoms with van der Waals surface area (Å²) in [5.74, 6) is 0.802. The highest BCUT2D eigenvalue weighted by Crippen LogP contribution is 2.22. The Kier molecular flexibility index (Phi) is 5.91. The van der Waals surface area contributed by atoms with Crippen molar-refractivity contribution in [2.24, 2.45) is 10.7 Å². The first-order chi connectivity index (χ1) is 9.06. The minimum atomic E-state index is -0.311. The molecule has 1 aromatic rings. The molecule has 108 valence electrons. The van der Waals surface area contributed by atoms with Crippen molar-refractivity contribution in [3.05, 3.63) is 54.8 Å². The fourth-order valence-electron chi connectivity index (χ4n) is 2.12. The molecule has 2 atom stereocenters. The Balaban J connectivity index is 0.00000200. The molecular formula is C15H21IN4. The van der Waals surface area contributed by atoms with Gasteiger partial charge in [0, 0.05) is 18.7 Å². The van der Waals surface area contributed by atoms with Gasteiger partial charge in [0.2, 0.25) is 6.29 Å². The Morgan fingerprint density at radius 3 is 2.60 bits per heavy atom. The number of aliphatic imine (C=N–C) groups is 1. The molecule has 0 saturated heterocycles. The third-order valence-corrected chi connectivity index (χ3v) is 3.56. The maximum atomic E-state index is 6.19. The van der Waals surface area contributed by atoms with E-state index in [0.717, 1.165) is 18.1 Å². The Morgan fingerprint density at radius 1 is 1.40 bits per heavy atom. The van der Waals surface area contributed by atoms with Crippen LogP contribution in [-0.2, 0) is 0 Å². The van der Waals surface area contributed by atoms with Gasteiger partial charge >= 0.3 is 0 Å². The maximum Gasteiger partial charge on any atom is 0.244 e. The average Bonchev–Trinajstić information content (AvgIpc) is 2.38. The van der Waals surface area contributed by atoms with Crippen LogP contribution in [-0.4, -0.2) is 30.2 Å². The molecule has 20 heavy (non-hydrogen) atoms. The standard InChI is InChI=1S/C15H21N4.HI/c1-4-10-19(3)12(2)11-14(18-15(19)16)17-13-8-6-5-7-9-13;/h4-9,11,15H,1,10,16H2,2-3H3,(H,17,18);1H/q+1;/p-1. The van der Waals surface area contributed by atoms with Crippen LogP contribution in [0.5, 0.6) is 0 Å². The summed E-state index contributed by atoms with van der Waals surface area (Å²) in [6.07, 6.45) is 3.61. The Hall–Kier alpha value is -1.18. The van der Waals surface area contributed by atoms with Gasteiger partial charge < -0.3 is 29.3 Å². The fraction of sp³-hybridized carbons (Fsp3) is 0.267. The van der Waals surface area contributed by atoms with Crippen LogP contribution in [0.15, 0.2) is 59.8 Å². The van der Waals surface area contributed by atoms with Crippen molar-refractivity contribution in [2.45, 2.75) is 13.2 Å². The lowest BCUT2D eigenvalue weighted by Crippen LogP contribution is -3.00. The molecule has 0 radical (unpaired) electrons. The number of quaternary nitrogens is 1. The molecule has 0 aliphatic carbocycles. The zero-order valence-electron chi connectivity index (χ0n) is 11.9. The van der Waals surface area contributed by atoms with E-state index in [1.54, 1.807) is 0 Å². The second-order valence-corrected chi connectivity index (χ2v) is 4.94. The van der Waals surface area contributed by atoms with Crippen molar-refractivity contribution < 1.29 is 28.5 Å². The van der Waals surface area contributed by atoms with Gasteiger partial charge in [0.1, 0.15) is 18.1 Å². The number of nitrogens with one attached hydrogen (secondary N) is 1. The second kappa shape index (κ2) is 7.01. The van der Waals surface area contributed by atoms with Gasteiger partial charge in [-0.05, 0) is 18.2 Å². The molecule has 4 nitrogen and oxygen atoms in total. The van der Waals surface area contributed by atoms with E-state index in [1.165, 1.54) is 5.70 Å². The van der Waals surface area contributed by atoms with Gasteiger partial charge in [0.15, 0.2) is 0 Å². The number of nitrogens with two attached hydrogens (primary N) is 1. The van der Waals surface area contributed by atoms with E-state index in [1.807, 2.05) is 42.5 Å². The number of nitrogens with zero attached hydrogens (tertiary/aromatic N) is 2. The van der Waals surface area contributed by atoms with E-state index in [9.17, 15) is 0 Å². The maximum absolute atomic E-state index is 6.19. The van der Waals surface area contributed by atoms with Gasteiger partial charge in [-0.1, -0.05) is 24.8 Å². The molecule has 1 aliphatic rings. The van der Waals surface area contributed by atoms with Crippen LogP contribution in [0.4, 0.5) is 5.69 Å². The topological polar surface area (TPSA) is 50.4 Å². The average molecular weight is 384 g/mol. The predicted molar refractivity (Wildman–Crippen MR) is 80.5 cm³/mol. The summed E-state index contributed by atoms with van der Waals surface area (Å²) in [4.78, 5) is 4.53. The molecule has 0 spiro atoms. The molecule has 3 N–H and O–H groups in total. The number of hydrogen-bond acceptors (Lipinski definition) is 3. The van der Waals surface area contributed by atoms with Gasteiger partial charge in [-0.15, -0.1) is 0 Å². The molecule has 0 bridgehead atoms. The summed E-state index contributed by atoms with van der Waals surface area (Å²) in [5.41, 5.74) is 8.37. The van der Waals surface area contributed by atoms with E-state index in [0.29, 0.717) is 4.48 Å². The number of hydrogen-bond donors (Lipinski definition) is 2. The molecule has 1 heterocycles. The van der Waals surface area contributed by atoms with Crippen LogP contribution >= 0.6 is 0 Å². The van der Waals surface area contributed by atoms with E-state index in [4.69, 9.17) is 5.73 Å². The smallest absolute Gasteiger partial charge is 0.244 e. The number of benzene rings is 1. The van der Waals surface area contributed by atoms with Crippen LogP contribution in [0.25, 0.3) is 0 Å². The summed E-state index contributed by atoms with van der Waals surface area (Å²) in [5, 5.41) is 3.28. The Morgan fingerprint density at radius 2 is 2.05 bits per heavy atom. The normalized spacial score (nSPS) is 25.1.